The van der Waals surface area contributed by atoms with Gasteiger partial charge in [-0.1, -0.05) is 22.0 Å². The van der Waals surface area contributed by atoms with E-state index in [9.17, 15) is 4.79 Å². The van der Waals surface area contributed by atoms with E-state index < -0.39 is 0 Å². The number of likely N-dealkylation sites (N-methyl/N-ethyl adjacent to an activating group) is 1. The minimum absolute atomic E-state index is 0.115. The molecule has 1 aliphatic rings. The van der Waals surface area contributed by atoms with Gasteiger partial charge >= 0.3 is 0 Å². The normalized spacial score (nSPS) is 16.0. The van der Waals surface area contributed by atoms with Gasteiger partial charge in [0.25, 0.3) is 0 Å². The highest BCUT2D eigenvalue weighted by atomic mass is 79.9. The molecule has 1 saturated carbocycles. The third kappa shape index (κ3) is 3.41. The number of rotatable bonds is 6. The Balaban J connectivity index is 1.93. The molecule has 0 aliphatic heterocycles. The molecule has 0 radical (unpaired) electrons. The van der Waals surface area contributed by atoms with Crippen LogP contribution < -0.4 is 5.32 Å². The lowest BCUT2D eigenvalue weighted by Crippen LogP contribution is -2.39. The van der Waals surface area contributed by atoms with Crippen LogP contribution in [0.25, 0.3) is 0 Å². The Kier molecular flexibility index (Phi) is 4.86. The van der Waals surface area contributed by atoms with Gasteiger partial charge in [0.15, 0.2) is 0 Å². The molecule has 0 atom stereocenters. The Morgan fingerprint density at radius 3 is 2.75 bits per heavy atom. The lowest BCUT2D eigenvalue weighted by molar-refractivity contribution is -0.135. The highest BCUT2D eigenvalue weighted by Gasteiger charge is 2.50. The number of amides is 1. The van der Waals surface area contributed by atoms with Gasteiger partial charge in [-0.15, -0.1) is 0 Å². The summed E-state index contributed by atoms with van der Waals surface area (Å²) in [6.07, 6.45) is 2.95. The molecule has 0 heterocycles. The number of aryl methyl sites for hydroxylation is 1. The Bertz CT molecular complexity index is 497. The molecule has 1 amide bonds. The second kappa shape index (κ2) is 6.27. The molecule has 1 fully saturated rings. The van der Waals surface area contributed by atoms with Gasteiger partial charge in [-0.3, -0.25) is 4.79 Å². The monoisotopic (exact) mass is 338 g/mol. The number of carbonyl (C=O) groups excluding carboxylic acids is 1. The molecule has 0 aromatic heterocycles. The molecule has 20 heavy (non-hydrogen) atoms. The summed E-state index contributed by atoms with van der Waals surface area (Å²) in [6.45, 7) is 3.70. The average Bonchev–Trinajstić information content (AvgIpc) is 3.20. The molecule has 2 rings (SSSR count). The number of nitrogens with zero attached hydrogens (tertiary/aromatic N) is 1. The van der Waals surface area contributed by atoms with Crippen molar-refractivity contribution < 1.29 is 4.79 Å². The molecule has 0 bridgehead atoms. The van der Waals surface area contributed by atoms with Crippen LogP contribution in [0.5, 0.6) is 0 Å². The summed E-state index contributed by atoms with van der Waals surface area (Å²) in [5.41, 5.74) is 2.47. The average molecular weight is 339 g/mol. The molecular formula is C16H23BrN2O. The first-order valence-electron chi connectivity index (χ1n) is 7.14. The molecule has 110 valence electrons. The fourth-order valence-electron chi connectivity index (χ4n) is 2.66. The Labute approximate surface area is 129 Å². The zero-order valence-corrected chi connectivity index (χ0v) is 14.1. The van der Waals surface area contributed by atoms with E-state index in [-0.39, 0.29) is 5.41 Å². The number of carbonyl (C=O) groups is 1. The Morgan fingerprint density at radius 2 is 2.15 bits per heavy atom. The minimum atomic E-state index is -0.115. The first kappa shape index (κ1) is 15.5. The predicted octanol–water partition coefficient (Wildman–Crippen LogP) is 2.76. The zero-order valence-electron chi connectivity index (χ0n) is 12.5. The largest absolute Gasteiger partial charge is 0.345 e. The SMILES string of the molecule is CNCC1(C(=O)N(C)CCc2cc(Br)ccc2C)CC1. The second-order valence-corrected chi connectivity index (χ2v) is 6.77. The lowest BCUT2D eigenvalue weighted by Gasteiger charge is -2.23. The van der Waals surface area contributed by atoms with Gasteiger partial charge in [-0.2, -0.15) is 0 Å². The standard InChI is InChI=1S/C16H23BrN2O/c1-12-4-5-14(17)10-13(12)6-9-19(3)15(20)16(7-8-16)11-18-2/h4-5,10,18H,6-9,11H2,1-3H3. The third-order valence-electron chi connectivity index (χ3n) is 4.20. The summed E-state index contributed by atoms with van der Waals surface area (Å²) < 4.78 is 1.10. The number of nitrogens with one attached hydrogen (secondary N) is 1. The molecule has 0 unspecified atom stereocenters. The topological polar surface area (TPSA) is 32.3 Å². The lowest BCUT2D eigenvalue weighted by atomic mass is 10.0. The first-order chi connectivity index (χ1) is 9.48. The van der Waals surface area contributed by atoms with Crippen LogP contribution in [-0.4, -0.2) is 38.0 Å². The first-order valence-corrected chi connectivity index (χ1v) is 7.93. The molecule has 3 nitrogen and oxygen atoms in total. The van der Waals surface area contributed by atoms with Crippen LogP contribution in [0.2, 0.25) is 0 Å². The van der Waals surface area contributed by atoms with Crippen molar-refractivity contribution >= 4 is 21.8 Å². The van der Waals surface area contributed by atoms with Gasteiger partial charge in [-0.25, -0.2) is 0 Å². The fraction of sp³-hybridized carbons (Fsp3) is 0.562. The van der Waals surface area contributed by atoms with E-state index in [4.69, 9.17) is 0 Å². The van der Waals surface area contributed by atoms with E-state index in [1.54, 1.807) is 0 Å². The summed E-state index contributed by atoms with van der Waals surface area (Å²) in [5, 5.41) is 3.14. The Morgan fingerprint density at radius 1 is 1.45 bits per heavy atom. The van der Waals surface area contributed by atoms with Crippen LogP contribution in [0.15, 0.2) is 22.7 Å². The number of benzene rings is 1. The highest BCUT2D eigenvalue weighted by molar-refractivity contribution is 9.10. The van der Waals surface area contributed by atoms with Crippen molar-refractivity contribution in [3.8, 4) is 0 Å². The van der Waals surface area contributed by atoms with Crippen LogP contribution in [0.4, 0.5) is 0 Å². The van der Waals surface area contributed by atoms with Crippen molar-refractivity contribution in [2.45, 2.75) is 26.2 Å². The number of hydrogen-bond acceptors (Lipinski definition) is 2. The second-order valence-electron chi connectivity index (χ2n) is 5.86. The van der Waals surface area contributed by atoms with Gasteiger partial charge in [0.05, 0.1) is 5.41 Å². The van der Waals surface area contributed by atoms with Crippen LogP contribution in [0, 0.1) is 12.3 Å². The maximum Gasteiger partial charge on any atom is 0.229 e. The van der Waals surface area contributed by atoms with Crippen molar-refractivity contribution in [2.75, 3.05) is 27.2 Å². The molecular weight excluding hydrogens is 316 g/mol. The quantitative estimate of drug-likeness (QED) is 0.864. The van der Waals surface area contributed by atoms with Crippen molar-refractivity contribution in [1.29, 1.82) is 0 Å². The maximum absolute atomic E-state index is 12.5. The zero-order chi connectivity index (χ0) is 14.8. The maximum atomic E-state index is 12.5. The molecule has 1 N–H and O–H groups in total. The third-order valence-corrected chi connectivity index (χ3v) is 4.69. The minimum Gasteiger partial charge on any atom is -0.345 e. The molecule has 0 spiro atoms. The van der Waals surface area contributed by atoms with Crippen LogP contribution >= 0.6 is 15.9 Å². The fourth-order valence-corrected chi connectivity index (χ4v) is 3.07. The summed E-state index contributed by atoms with van der Waals surface area (Å²) in [4.78, 5) is 14.4. The summed E-state index contributed by atoms with van der Waals surface area (Å²) in [5.74, 6) is 0.291. The highest BCUT2D eigenvalue weighted by Crippen LogP contribution is 2.46. The van der Waals surface area contributed by atoms with E-state index in [2.05, 4.69) is 46.4 Å². The van der Waals surface area contributed by atoms with Crippen LogP contribution in [0.1, 0.15) is 24.0 Å². The number of halogens is 1. The van der Waals surface area contributed by atoms with Crippen LogP contribution in [-0.2, 0) is 11.2 Å². The molecule has 4 heteroatoms. The van der Waals surface area contributed by atoms with E-state index >= 15 is 0 Å². The molecule has 1 aromatic rings. The number of hydrogen-bond donors (Lipinski definition) is 1. The van der Waals surface area contributed by atoms with Crippen molar-refractivity contribution in [1.82, 2.24) is 10.2 Å². The predicted molar refractivity (Wildman–Crippen MR) is 85.8 cm³/mol. The van der Waals surface area contributed by atoms with E-state index in [1.807, 2.05) is 19.0 Å². The van der Waals surface area contributed by atoms with E-state index in [0.717, 1.165) is 36.8 Å². The summed E-state index contributed by atoms with van der Waals surface area (Å²) in [7, 11) is 3.84. The van der Waals surface area contributed by atoms with Gasteiger partial charge in [0, 0.05) is 24.6 Å². The van der Waals surface area contributed by atoms with E-state index in [0.29, 0.717) is 5.91 Å². The molecule has 1 aliphatic carbocycles. The molecule has 0 saturated heterocycles. The molecule has 1 aromatic carbocycles. The van der Waals surface area contributed by atoms with E-state index in [1.165, 1.54) is 11.1 Å². The van der Waals surface area contributed by atoms with Gasteiger partial charge in [0.2, 0.25) is 5.91 Å². The summed E-state index contributed by atoms with van der Waals surface area (Å²) >= 11 is 3.51. The van der Waals surface area contributed by atoms with Crippen molar-refractivity contribution in [3.05, 3.63) is 33.8 Å². The smallest absolute Gasteiger partial charge is 0.229 e. The van der Waals surface area contributed by atoms with Gasteiger partial charge < -0.3 is 10.2 Å². The van der Waals surface area contributed by atoms with Gasteiger partial charge in [-0.05, 0) is 56.5 Å². The van der Waals surface area contributed by atoms with Crippen molar-refractivity contribution in [3.63, 3.8) is 0 Å². The van der Waals surface area contributed by atoms with Gasteiger partial charge in [0.1, 0.15) is 0 Å². The summed E-state index contributed by atoms with van der Waals surface area (Å²) in [6, 6.07) is 6.32. The van der Waals surface area contributed by atoms with Crippen molar-refractivity contribution in [2.24, 2.45) is 5.41 Å². The van der Waals surface area contributed by atoms with Crippen LogP contribution in [0.3, 0.4) is 0 Å². The Hall–Kier alpha value is -0.870.